The van der Waals surface area contributed by atoms with Gasteiger partial charge in [0, 0.05) is 30.1 Å². The van der Waals surface area contributed by atoms with E-state index in [2.05, 4.69) is 16.0 Å². The number of carbonyl (C=O) groups excluding carboxylic acids is 2. The topological polar surface area (TPSA) is 113 Å². The van der Waals surface area contributed by atoms with Gasteiger partial charge in [-0.1, -0.05) is 36.4 Å². The molecule has 0 unspecified atom stereocenters. The third-order valence-electron chi connectivity index (χ3n) is 4.48. The molecule has 3 aromatic rings. The van der Waals surface area contributed by atoms with Gasteiger partial charge in [-0.15, -0.1) is 0 Å². The van der Waals surface area contributed by atoms with E-state index in [1.807, 2.05) is 31.2 Å². The van der Waals surface area contributed by atoms with E-state index < -0.39 is 10.8 Å². The van der Waals surface area contributed by atoms with Crippen LogP contribution in [0.15, 0.2) is 78.9 Å². The molecule has 32 heavy (non-hydrogen) atoms. The molecule has 8 nitrogen and oxygen atoms in total. The Morgan fingerprint density at radius 2 is 1.62 bits per heavy atom. The molecule has 0 saturated heterocycles. The maximum atomic E-state index is 12.2. The van der Waals surface area contributed by atoms with Crippen LogP contribution < -0.4 is 16.0 Å². The maximum absolute atomic E-state index is 12.2. The summed E-state index contributed by atoms with van der Waals surface area (Å²) in [7, 11) is 0. The highest BCUT2D eigenvalue weighted by atomic mass is 16.6. The van der Waals surface area contributed by atoms with Gasteiger partial charge in [0.05, 0.1) is 10.5 Å². The van der Waals surface area contributed by atoms with Crippen molar-refractivity contribution in [2.24, 2.45) is 0 Å². The number of amides is 3. The van der Waals surface area contributed by atoms with E-state index in [0.717, 1.165) is 11.1 Å². The summed E-state index contributed by atoms with van der Waals surface area (Å²) < 4.78 is 0. The van der Waals surface area contributed by atoms with Crippen LogP contribution in [0.3, 0.4) is 0 Å². The Morgan fingerprint density at radius 1 is 0.938 bits per heavy atom. The number of nitro benzene ring substituents is 1. The standard InChI is InChI=1S/C24H22N4O4/c1-17-6-4-9-20(14-17)26-24(30)27-21-10-5-7-18(15-21)16-25-23(29)13-12-19-8-2-3-11-22(19)28(31)32/h2-15H,16H2,1H3,(H,25,29)(H2,26,27,30). The van der Waals surface area contributed by atoms with Crippen molar-refractivity contribution in [3.8, 4) is 0 Å². The number of rotatable bonds is 7. The molecule has 8 heteroatoms. The molecule has 0 aliphatic carbocycles. The second kappa shape index (κ2) is 10.5. The second-order valence-corrected chi connectivity index (χ2v) is 7.02. The van der Waals surface area contributed by atoms with Crippen LogP contribution in [0.5, 0.6) is 0 Å². The van der Waals surface area contributed by atoms with Crippen molar-refractivity contribution in [2.45, 2.75) is 13.5 Å². The van der Waals surface area contributed by atoms with Crippen LogP contribution in [0.4, 0.5) is 21.9 Å². The van der Waals surface area contributed by atoms with Gasteiger partial charge in [0.25, 0.3) is 5.69 Å². The summed E-state index contributed by atoms with van der Waals surface area (Å²) in [5, 5.41) is 19.3. The summed E-state index contributed by atoms with van der Waals surface area (Å²) in [5.74, 6) is -0.390. The Kier molecular flexibility index (Phi) is 7.32. The fourth-order valence-electron chi connectivity index (χ4n) is 2.98. The number of benzene rings is 3. The van der Waals surface area contributed by atoms with E-state index in [9.17, 15) is 19.7 Å². The molecular formula is C24H22N4O4. The highest BCUT2D eigenvalue weighted by Gasteiger charge is 2.10. The van der Waals surface area contributed by atoms with Crippen LogP contribution in [-0.4, -0.2) is 16.9 Å². The number of nitrogens with one attached hydrogen (secondary N) is 3. The molecule has 0 aromatic heterocycles. The normalized spacial score (nSPS) is 10.5. The average Bonchev–Trinajstić information content (AvgIpc) is 2.76. The number of urea groups is 1. The first-order chi connectivity index (χ1) is 15.4. The number of hydrogen-bond acceptors (Lipinski definition) is 4. The Bertz CT molecular complexity index is 1170. The number of nitro groups is 1. The number of anilines is 2. The van der Waals surface area contributed by atoms with Gasteiger partial charge in [0.1, 0.15) is 0 Å². The van der Waals surface area contributed by atoms with E-state index in [4.69, 9.17) is 0 Å². The second-order valence-electron chi connectivity index (χ2n) is 7.02. The monoisotopic (exact) mass is 430 g/mol. The summed E-state index contributed by atoms with van der Waals surface area (Å²) in [4.78, 5) is 34.9. The lowest BCUT2D eigenvalue weighted by Crippen LogP contribution is -2.21. The van der Waals surface area contributed by atoms with Crippen LogP contribution in [0, 0.1) is 17.0 Å². The minimum atomic E-state index is -0.495. The molecule has 0 spiro atoms. The molecule has 0 atom stereocenters. The fourth-order valence-corrected chi connectivity index (χ4v) is 2.98. The first kappa shape index (κ1) is 22.2. The molecule has 0 aliphatic heterocycles. The first-order valence-electron chi connectivity index (χ1n) is 9.83. The first-order valence-corrected chi connectivity index (χ1v) is 9.83. The number of aryl methyl sites for hydroxylation is 1. The summed E-state index contributed by atoms with van der Waals surface area (Å²) in [6.45, 7) is 2.17. The molecule has 3 rings (SSSR count). The van der Waals surface area contributed by atoms with Crippen LogP contribution in [0.1, 0.15) is 16.7 Å². The van der Waals surface area contributed by atoms with E-state index >= 15 is 0 Å². The van der Waals surface area contributed by atoms with Crippen LogP contribution >= 0.6 is 0 Å². The predicted octanol–water partition coefficient (Wildman–Crippen LogP) is 4.88. The van der Waals surface area contributed by atoms with Crippen molar-refractivity contribution in [3.05, 3.63) is 106 Å². The van der Waals surface area contributed by atoms with Crippen molar-refractivity contribution < 1.29 is 14.5 Å². The number of hydrogen-bond donors (Lipinski definition) is 3. The lowest BCUT2D eigenvalue weighted by molar-refractivity contribution is -0.385. The molecule has 0 saturated carbocycles. The average molecular weight is 430 g/mol. The Labute approximate surface area is 185 Å². The fraction of sp³-hybridized carbons (Fsp3) is 0.0833. The molecule has 0 aliphatic rings. The smallest absolute Gasteiger partial charge is 0.323 e. The van der Waals surface area contributed by atoms with Crippen molar-refractivity contribution in [1.82, 2.24) is 5.32 Å². The Balaban J connectivity index is 1.55. The minimum absolute atomic E-state index is 0.0701. The predicted molar refractivity (Wildman–Crippen MR) is 124 cm³/mol. The van der Waals surface area contributed by atoms with Crippen LogP contribution in [0.2, 0.25) is 0 Å². The van der Waals surface area contributed by atoms with Crippen molar-refractivity contribution in [1.29, 1.82) is 0 Å². The van der Waals surface area contributed by atoms with E-state index in [-0.39, 0.29) is 18.3 Å². The Hall–Kier alpha value is -4.46. The molecule has 3 amide bonds. The maximum Gasteiger partial charge on any atom is 0.323 e. The number of carbonyl (C=O) groups is 2. The lowest BCUT2D eigenvalue weighted by Gasteiger charge is -2.10. The summed E-state index contributed by atoms with van der Waals surface area (Å²) in [6.07, 6.45) is 2.65. The van der Waals surface area contributed by atoms with Crippen LogP contribution in [0.25, 0.3) is 6.08 Å². The molecule has 0 heterocycles. The van der Waals surface area contributed by atoms with Gasteiger partial charge in [-0.2, -0.15) is 0 Å². The lowest BCUT2D eigenvalue weighted by atomic mass is 10.1. The zero-order chi connectivity index (χ0) is 22.9. The molecule has 3 aromatic carbocycles. The van der Waals surface area contributed by atoms with Gasteiger partial charge in [0.2, 0.25) is 5.91 Å². The molecule has 3 N–H and O–H groups in total. The van der Waals surface area contributed by atoms with Gasteiger partial charge < -0.3 is 16.0 Å². The molecule has 0 bridgehead atoms. The van der Waals surface area contributed by atoms with E-state index in [1.165, 1.54) is 18.2 Å². The summed E-state index contributed by atoms with van der Waals surface area (Å²) in [5.41, 5.74) is 3.37. The highest BCUT2D eigenvalue weighted by molar-refractivity contribution is 5.99. The molecule has 0 radical (unpaired) electrons. The quantitative estimate of drug-likeness (QED) is 0.282. The van der Waals surface area contributed by atoms with Crippen molar-refractivity contribution >= 4 is 35.1 Å². The number of para-hydroxylation sites is 1. The van der Waals surface area contributed by atoms with E-state index in [1.54, 1.807) is 42.5 Å². The molecule has 0 fully saturated rings. The van der Waals surface area contributed by atoms with Gasteiger partial charge in [-0.3, -0.25) is 14.9 Å². The van der Waals surface area contributed by atoms with Gasteiger partial charge in [-0.25, -0.2) is 4.79 Å². The number of nitrogens with zero attached hydrogens (tertiary/aromatic N) is 1. The highest BCUT2D eigenvalue weighted by Crippen LogP contribution is 2.19. The van der Waals surface area contributed by atoms with E-state index in [0.29, 0.717) is 16.9 Å². The van der Waals surface area contributed by atoms with Crippen molar-refractivity contribution in [2.75, 3.05) is 10.6 Å². The largest absolute Gasteiger partial charge is 0.348 e. The van der Waals surface area contributed by atoms with Gasteiger partial charge >= 0.3 is 6.03 Å². The third kappa shape index (κ3) is 6.53. The van der Waals surface area contributed by atoms with Crippen molar-refractivity contribution in [3.63, 3.8) is 0 Å². The molecular weight excluding hydrogens is 408 g/mol. The zero-order valence-electron chi connectivity index (χ0n) is 17.4. The summed E-state index contributed by atoms with van der Waals surface area (Å²) >= 11 is 0. The van der Waals surface area contributed by atoms with Gasteiger partial charge in [0.15, 0.2) is 0 Å². The third-order valence-corrected chi connectivity index (χ3v) is 4.48. The molecule has 162 valence electrons. The van der Waals surface area contributed by atoms with Gasteiger partial charge in [-0.05, 0) is 54.5 Å². The zero-order valence-corrected chi connectivity index (χ0v) is 17.4. The SMILES string of the molecule is Cc1cccc(NC(=O)Nc2cccc(CNC(=O)C=Cc3ccccc3[N+](=O)[O-])c2)c1. The summed E-state index contributed by atoms with van der Waals surface area (Å²) in [6, 6.07) is 20.4. The van der Waals surface area contributed by atoms with Crippen LogP contribution in [-0.2, 0) is 11.3 Å². The minimum Gasteiger partial charge on any atom is -0.348 e. The Morgan fingerprint density at radius 3 is 2.34 bits per heavy atom.